The first kappa shape index (κ1) is 20.4. The molecule has 0 aliphatic rings. The molecule has 0 saturated carbocycles. The van der Waals surface area contributed by atoms with Crippen molar-refractivity contribution in [1.29, 1.82) is 0 Å². The first-order valence-corrected chi connectivity index (χ1v) is 7.63. The van der Waals surface area contributed by atoms with E-state index in [2.05, 4.69) is 20.8 Å². The average molecular weight is 371 g/mol. The summed E-state index contributed by atoms with van der Waals surface area (Å²) in [5, 5.41) is 0. The predicted molar refractivity (Wildman–Crippen MR) is 78.0 cm³/mol. The monoisotopic (exact) mass is 372 g/mol. The fraction of sp³-hybridized carbons (Fsp3) is 1.00. The molecular weight excluding hydrogens is 342 g/mol. The average Bonchev–Trinajstić information content (AvgIpc) is 2.29. The van der Waals surface area contributed by atoms with Crippen molar-refractivity contribution in [1.82, 2.24) is 0 Å². The van der Waals surface area contributed by atoms with Gasteiger partial charge in [0.1, 0.15) is 0 Å². The van der Waals surface area contributed by atoms with Gasteiger partial charge in [0.05, 0.1) is 19.8 Å². The van der Waals surface area contributed by atoms with Crippen LogP contribution in [0.4, 0.5) is 0 Å². The van der Waals surface area contributed by atoms with E-state index in [4.69, 9.17) is 13.6 Å². The van der Waals surface area contributed by atoms with Gasteiger partial charge in [-0.05, 0) is 19.3 Å². The van der Waals surface area contributed by atoms with Crippen molar-refractivity contribution in [3.63, 3.8) is 0 Å². The SMILES string of the molecule is CCCCOP(OCCCC)OCCCC.[SnH2]. The maximum atomic E-state index is 5.60. The van der Waals surface area contributed by atoms with Crippen molar-refractivity contribution in [2.75, 3.05) is 19.8 Å². The van der Waals surface area contributed by atoms with Crippen molar-refractivity contribution >= 4 is 32.5 Å². The van der Waals surface area contributed by atoms with E-state index in [1.807, 2.05) is 0 Å². The van der Waals surface area contributed by atoms with Gasteiger partial charge in [0.15, 0.2) is 0 Å². The molecule has 0 fully saturated rings. The summed E-state index contributed by atoms with van der Waals surface area (Å²) in [6.07, 6.45) is 6.67. The van der Waals surface area contributed by atoms with Gasteiger partial charge in [0, 0.05) is 0 Å². The second-order valence-corrected chi connectivity index (χ2v) is 5.01. The van der Waals surface area contributed by atoms with E-state index < -0.39 is 8.60 Å². The number of unbranched alkanes of at least 4 members (excludes halogenated alkanes) is 3. The Bertz CT molecular complexity index is 115. The number of rotatable bonds is 12. The molecule has 0 atom stereocenters. The Balaban J connectivity index is 0. The summed E-state index contributed by atoms with van der Waals surface area (Å²) in [7, 11) is -1.10. The fourth-order valence-corrected chi connectivity index (χ4v) is 2.02. The van der Waals surface area contributed by atoms with Crippen LogP contribution in [0.15, 0.2) is 0 Å². The zero-order valence-electron chi connectivity index (χ0n) is 11.7. The summed E-state index contributed by atoms with van der Waals surface area (Å²) in [5.74, 6) is 0. The van der Waals surface area contributed by atoms with Crippen LogP contribution in [0.2, 0.25) is 0 Å². The zero-order chi connectivity index (χ0) is 12.1. The Kier molecular flexibility index (Phi) is 20.6. The van der Waals surface area contributed by atoms with Crippen LogP contribution in [0.5, 0.6) is 0 Å². The number of hydrogen-bond donors (Lipinski definition) is 0. The third kappa shape index (κ3) is 15.1. The maximum absolute atomic E-state index is 5.60. The molecular formula is C12H29O3PSn. The molecule has 0 aromatic heterocycles. The molecule has 0 rings (SSSR count). The van der Waals surface area contributed by atoms with Gasteiger partial charge in [-0.15, -0.1) is 0 Å². The Morgan fingerprint density at radius 2 is 0.941 bits per heavy atom. The van der Waals surface area contributed by atoms with E-state index in [1.165, 1.54) is 0 Å². The molecule has 0 spiro atoms. The molecule has 0 aromatic carbocycles. The standard InChI is InChI=1S/C12H27O3P.Sn.2H/c1-4-7-10-13-16(14-11-8-5-2)15-12-9-6-3;;;/h4-12H2,1-3H3;;;. The van der Waals surface area contributed by atoms with Crippen molar-refractivity contribution in [3.8, 4) is 0 Å². The quantitative estimate of drug-likeness (QED) is 0.297. The van der Waals surface area contributed by atoms with Gasteiger partial charge in [0.2, 0.25) is 0 Å². The molecule has 0 heterocycles. The van der Waals surface area contributed by atoms with E-state index in [1.54, 1.807) is 0 Å². The van der Waals surface area contributed by atoms with Crippen LogP contribution in [0.3, 0.4) is 0 Å². The zero-order valence-corrected chi connectivity index (χ0v) is 16.7. The van der Waals surface area contributed by atoms with Crippen molar-refractivity contribution in [2.45, 2.75) is 59.3 Å². The van der Waals surface area contributed by atoms with Crippen LogP contribution in [0, 0.1) is 0 Å². The molecule has 17 heavy (non-hydrogen) atoms. The normalized spacial score (nSPS) is 10.6. The molecule has 0 saturated heterocycles. The van der Waals surface area contributed by atoms with E-state index >= 15 is 0 Å². The van der Waals surface area contributed by atoms with Crippen LogP contribution in [0.25, 0.3) is 0 Å². The summed E-state index contributed by atoms with van der Waals surface area (Å²) >= 11 is 0. The molecule has 0 aliphatic carbocycles. The molecule has 0 unspecified atom stereocenters. The van der Waals surface area contributed by atoms with Gasteiger partial charge in [-0.2, -0.15) is 0 Å². The second-order valence-electron chi connectivity index (χ2n) is 3.78. The molecule has 0 aromatic rings. The Morgan fingerprint density at radius 1 is 0.647 bits per heavy atom. The Hall–Kier alpha value is 1.11. The molecule has 2 radical (unpaired) electrons. The van der Waals surface area contributed by atoms with Crippen molar-refractivity contribution < 1.29 is 13.6 Å². The van der Waals surface area contributed by atoms with Crippen LogP contribution in [0.1, 0.15) is 59.3 Å². The minimum atomic E-state index is -1.10. The van der Waals surface area contributed by atoms with Crippen molar-refractivity contribution in [2.24, 2.45) is 0 Å². The van der Waals surface area contributed by atoms with Crippen LogP contribution >= 0.6 is 8.60 Å². The summed E-state index contributed by atoms with van der Waals surface area (Å²) in [6.45, 7) is 8.71. The van der Waals surface area contributed by atoms with Gasteiger partial charge in [0.25, 0.3) is 0 Å². The third-order valence-corrected chi connectivity index (χ3v) is 3.26. The summed E-state index contributed by atoms with van der Waals surface area (Å²) in [6, 6.07) is 0. The number of hydrogen-bond acceptors (Lipinski definition) is 3. The van der Waals surface area contributed by atoms with Gasteiger partial charge in [-0.1, -0.05) is 40.0 Å². The minimum absolute atomic E-state index is 0. The first-order chi connectivity index (χ1) is 7.85. The van der Waals surface area contributed by atoms with Gasteiger partial charge in [-0.25, -0.2) is 0 Å². The summed E-state index contributed by atoms with van der Waals surface area (Å²) < 4.78 is 16.8. The predicted octanol–water partition coefficient (Wildman–Crippen LogP) is 3.75. The van der Waals surface area contributed by atoms with Gasteiger partial charge < -0.3 is 13.6 Å². The Morgan fingerprint density at radius 3 is 1.18 bits per heavy atom. The third-order valence-electron chi connectivity index (χ3n) is 2.08. The van der Waals surface area contributed by atoms with Crippen LogP contribution < -0.4 is 0 Å². The van der Waals surface area contributed by atoms with Crippen LogP contribution in [-0.4, -0.2) is 43.7 Å². The first-order valence-electron chi connectivity index (χ1n) is 6.54. The summed E-state index contributed by atoms with van der Waals surface area (Å²) in [5.41, 5.74) is 0. The molecule has 5 heteroatoms. The van der Waals surface area contributed by atoms with Crippen LogP contribution in [-0.2, 0) is 13.6 Å². The van der Waals surface area contributed by atoms with Crippen molar-refractivity contribution in [3.05, 3.63) is 0 Å². The molecule has 0 aliphatic heterocycles. The van der Waals surface area contributed by atoms with Gasteiger partial charge >= 0.3 is 32.5 Å². The fourth-order valence-electron chi connectivity index (χ4n) is 0.962. The molecule has 0 N–H and O–H groups in total. The Labute approximate surface area is 125 Å². The van der Waals surface area contributed by atoms with E-state index in [0.717, 1.165) is 58.3 Å². The van der Waals surface area contributed by atoms with Gasteiger partial charge in [-0.3, -0.25) is 0 Å². The van der Waals surface area contributed by atoms with E-state index in [9.17, 15) is 0 Å². The van der Waals surface area contributed by atoms with E-state index in [-0.39, 0.29) is 23.9 Å². The molecule has 104 valence electrons. The topological polar surface area (TPSA) is 27.7 Å². The molecule has 0 bridgehead atoms. The van der Waals surface area contributed by atoms with E-state index in [0.29, 0.717) is 0 Å². The molecule has 3 nitrogen and oxygen atoms in total. The summed E-state index contributed by atoms with van der Waals surface area (Å²) in [4.78, 5) is 0. The second kappa shape index (κ2) is 17.1. The molecule has 0 amide bonds.